The minimum atomic E-state index is -0.227. The lowest BCUT2D eigenvalue weighted by Gasteiger charge is -2.27. The molecular weight excluding hydrogens is 561 g/mol. The molecule has 0 spiro atoms. The Morgan fingerprint density at radius 3 is 2.55 bits per heavy atom. The highest BCUT2D eigenvalue weighted by molar-refractivity contribution is 8.68. The van der Waals surface area contributed by atoms with Crippen LogP contribution in [0.2, 0.25) is 0 Å². The average Bonchev–Trinajstić information content (AvgIpc) is 3.26. The number of amides is 1. The first-order chi connectivity index (χ1) is 19.3. The highest BCUT2D eigenvalue weighted by Gasteiger charge is 2.39. The SMILES string of the molecule is CCNc1ccc(C#N)cc1N=C1S/C(=N/[N+](C)(CC)c2ccccc2SS)C(=O)N1Cc1ccc(OC)cc1. The predicted octanol–water partition coefficient (Wildman–Crippen LogP) is 6.67. The van der Waals surface area contributed by atoms with Crippen molar-refractivity contribution in [3.8, 4) is 11.8 Å². The molecule has 0 bridgehead atoms. The van der Waals surface area contributed by atoms with Crippen LogP contribution in [0.3, 0.4) is 0 Å². The van der Waals surface area contributed by atoms with Gasteiger partial charge in [0.25, 0.3) is 5.91 Å². The monoisotopic (exact) mass is 591 g/mol. The van der Waals surface area contributed by atoms with Crippen molar-refractivity contribution in [3.63, 3.8) is 0 Å². The molecule has 11 heteroatoms. The summed E-state index contributed by atoms with van der Waals surface area (Å²) in [6, 6.07) is 23.0. The van der Waals surface area contributed by atoms with E-state index in [1.165, 1.54) is 22.6 Å². The highest BCUT2D eigenvalue weighted by Crippen LogP contribution is 2.38. The molecule has 1 aliphatic heterocycles. The molecule has 1 N–H and O–H groups in total. The number of thiol groups is 1. The van der Waals surface area contributed by atoms with Gasteiger partial charge in [0, 0.05) is 12.6 Å². The topological polar surface area (TPSA) is 90.1 Å². The van der Waals surface area contributed by atoms with Crippen molar-refractivity contribution >= 4 is 67.4 Å². The normalized spacial score (nSPS) is 16.7. The van der Waals surface area contributed by atoms with Crippen LogP contribution >= 0.6 is 34.2 Å². The van der Waals surface area contributed by atoms with Crippen LogP contribution in [0.1, 0.15) is 25.0 Å². The summed E-state index contributed by atoms with van der Waals surface area (Å²) in [7, 11) is 4.95. The third-order valence-corrected chi connectivity index (χ3v) is 8.54. The summed E-state index contributed by atoms with van der Waals surface area (Å²) in [5, 5.41) is 18.6. The fourth-order valence-electron chi connectivity index (χ4n) is 4.15. The summed E-state index contributed by atoms with van der Waals surface area (Å²) in [5.41, 5.74) is 3.73. The number of benzene rings is 3. The van der Waals surface area contributed by atoms with Gasteiger partial charge in [-0.15, -0.1) is 11.7 Å². The Bertz CT molecular complexity index is 1490. The lowest BCUT2D eigenvalue weighted by Crippen LogP contribution is -2.41. The number of hydrogen-bond donors (Lipinski definition) is 2. The van der Waals surface area contributed by atoms with Gasteiger partial charge in [0.15, 0.2) is 10.9 Å². The Kier molecular flexibility index (Phi) is 9.81. The minimum Gasteiger partial charge on any atom is -0.497 e. The van der Waals surface area contributed by atoms with Gasteiger partial charge in [0.2, 0.25) is 5.04 Å². The molecular formula is C29H31N6O2S3+. The van der Waals surface area contributed by atoms with Crippen LogP contribution in [0.5, 0.6) is 5.75 Å². The molecule has 206 valence electrons. The number of hydrogen-bond acceptors (Lipinski definition) is 9. The molecule has 1 unspecified atom stereocenters. The first-order valence-corrected chi connectivity index (χ1v) is 15.4. The van der Waals surface area contributed by atoms with Crippen molar-refractivity contribution in [2.45, 2.75) is 25.3 Å². The second kappa shape index (κ2) is 13.3. The van der Waals surface area contributed by atoms with Gasteiger partial charge < -0.3 is 10.1 Å². The van der Waals surface area contributed by atoms with Gasteiger partial charge in [0.1, 0.15) is 12.3 Å². The number of methoxy groups -OCH3 is 1. The lowest BCUT2D eigenvalue weighted by molar-refractivity contribution is -0.120. The summed E-state index contributed by atoms with van der Waals surface area (Å²) < 4.78 is 5.47. The van der Waals surface area contributed by atoms with E-state index in [0.29, 0.717) is 41.1 Å². The quantitative estimate of drug-likeness (QED) is 0.118. The molecule has 0 radical (unpaired) electrons. The fraction of sp³-hybridized carbons (Fsp3) is 0.241. The molecule has 4 rings (SSSR count). The third kappa shape index (κ3) is 6.47. The van der Waals surface area contributed by atoms with E-state index in [9.17, 15) is 10.1 Å². The van der Waals surface area contributed by atoms with E-state index in [-0.39, 0.29) is 10.5 Å². The molecule has 1 aliphatic rings. The van der Waals surface area contributed by atoms with Gasteiger partial charge >= 0.3 is 0 Å². The van der Waals surface area contributed by atoms with Crippen LogP contribution in [0, 0.1) is 11.3 Å². The van der Waals surface area contributed by atoms with E-state index in [1.54, 1.807) is 24.1 Å². The number of amidine groups is 1. The average molecular weight is 592 g/mol. The number of nitrogens with zero attached hydrogens (tertiary/aromatic N) is 5. The van der Waals surface area contributed by atoms with E-state index in [1.807, 2.05) is 75.5 Å². The number of nitriles is 1. The first kappa shape index (κ1) is 29.6. The number of aliphatic imine (C=N–C) groups is 1. The van der Waals surface area contributed by atoms with Gasteiger partial charge in [-0.25, -0.2) is 4.99 Å². The Morgan fingerprint density at radius 1 is 1.15 bits per heavy atom. The molecule has 1 atom stereocenters. The number of anilines is 1. The summed E-state index contributed by atoms with van der Waals surface area (Å²) >= 11 is 5.67. The van der Waals surface area contributed by atoms with Crippen molar-refractivity contribution in [2.24, 2.45) is 10.1 Å². The number of carbonyl (C=O) groups is 1. The summed E-state index contributed by atoms with van der Waals surface area (Å²) in [4.78, 5) is 21.4. The molecule has 0 aromatic heterocycles. The fourth-order valence-corrected chi connectivity index (χ4v) is 6.11. The maximum absolute atomic E-state index is 13.9. The number of para-hydroxylation sites is 1. The second-order valence-electron chi connectivity index (χ2n) is 9.03. The first-order valence-electron chi connectivity index (χ1n) is 12.7. The number of thioether (sulfide) groups is 1. The zero-order valence-corrected chi connectivity index (χ0v) is 25.3. The van der Waals surface area contributed by atoms with Crippen LogP contribution in [0.15, 0.2) is 81.7 Å². The van der Waals surface area contributed by atoms with Crippen LogP contribution in [-0.4, -0.2) is 48.3 Å². The van der Waals surface area contributed by atoms with E-state index < -0.39 is 0 Å². The number of quaternary nitrogens is 1. The highest BCUT2D eigenvalue weighted by atomic mass is 33.1. The van der Waals surface area contributed by atoms with E-state index >= 15 is 0 Å². The molecule has 1 fully saturated rings. The summed E-state index contributed by atoms with van der Waals surface area (Å²) in [5.74, 6) is 0.511. The standard InChI is InChI=1S/C29H30N6O2S3/c1-5-31-23-16-13-21(18-30)17-24(23)32-29-34(19-20-11-14-22(37-4)15-12-20)28(36)27(39-29)33-35(3,6-2)25-9-7-8-10-26(25)40-38/h7-17,31H,5-6,19H2,1-4H3/p+1/b32-29?,33-27+. The molecule has 1 saturated heterocycles. The Hall–Kier alpha value is -3.43. The van der Waals surface area contributed by atoms with Crippen molar-refractivity contribution in [1.82, 2.24) is 9.49 Å². The van der Waals surface area contributed by atoms with E-state index in [4.69, 9.17) is 14.8 Å². The third-order valence-electron chi connectivity index (χ3n) is 6.47. The number of rotatable bonds is 10. The number of nitrogens with one attached hydrogen (secondary N) is 1. The number of carbonyl (C=O) groups excluding carboxylic acids is 1. The van der Waals surface area contributed by atoms with E-state index in [0.717, 1.165) is 27.6 Å². The smallest absolute Gasteiger partial charge is 0.291 e. The molecule has 40 heavy (non-hydrogen) atoms. The van der Waals surface area contributed by atoms with Crippen LogP contribution < -0.4 is 14.6 Å². The van der Waals surface area contributed by atoms with Gasteiger partial charge in [-0.05, 0) is 67.6 Å². The molecule has 0 aliphatic carbocycles. The molecule has 3 aromatic carbocycles. The van der Waals surface area contributed by atoms with Crippen LogP contribution in [0.4, 0.5) is 17.1 Å². The molecule has 8 nitrogen and oxygen atoms in total. The van der Waals surface area contributed by atoms with Gasteiger partial charge in [-0.2, -0.15) is 9.85 Å². The second-order valence-corrected chi connectivity index (χ2v) is 11.2. The lowest BCUT2D eigenvalue weighted by atomic mass is 10.2. The zero-order chi connectivity index (χ0) is 28.7. The van der Waals surface area contributed by atoms with Crippen LogP contribution in [-0.2, 0) is 11.3 Å². The number of ether oxygens (including phenoxy) is 1. The van der Waals surface area contributed by atoms with Crippen LogP contribution in [0.25, 0.3) is 0 Å². The Morgan fingerprint density at radius 2 is 1.90 bits per heavy atom. The molecule has 3 aromatic rings. The van der Waals surface area contributed by atoms with Gasteiger partial charge in [-0.3, -0.25) is 9.69 Å². The van der Waals surface area contributed by atoms with E-state index in [2.05, 4.69) is 23.0 Å². The van der Waals surface area contributed by atoms with Crippen molar-refractivity contribution < 1.29 is 9.53 Å². The summed E-state index contributed by atoms with van der Waals surface area (Å²) in [6.45, 7) is 5.65. The minimum absolute atomic E-state index is 0.175. The Balaban J connectivity index is 1.81. The van der Waals surface area contributed by atoms with Crippen molar-refractivity contribution in [3.05, 3.63) is 77.9 Å². The van der Waals surface area contributed by atoms with Gasteiger partial charge in [0.05, 0.1) is 48.6 Å². The van der Waals surface area contributed by atoms with Crippen molar-refractivity contribution in [1.29, 1.82) is 5.26 Å². The maximum atomic E-state index is 13.9. The predicted molar refractivity (Wildman–Crippen MR) is 171 cm³/mol. The maximum Gasteiger partial charge on any atom is 0.291 e. The largest absolute Gasteiger partial charge is 0.497 e. The molecule has 1 amide bonds. The zero-order valence-electron chi connectivity index (χ0n) is 22.8. The summed E-state index contributed by atoms with van der Waals surface area (Å²) in [6.07, 6.45) is 0. The Labute approximate surface area is 248 Å². The molecule has 1 heterocycles. The molecule has 0 saturated carbocycles. The van der Waals surface area contributed by atoms with Gasteiger partial charge in [-0.1, -0.05) is 40.2 Å². The van der Waals surface area contributed by atoms with Crippen molar-refractivity contribution in [2.75, 3.05) is 32.6 Å².